The standard InChI is InChI=1S/C14H26N2S/c1-4-7-8-9-10-12-11-17-13(16-12)14(15,5-2)6-3/h11H,4-10,15H2,1-3H3. The van der Waals surface area contributed by atoms with Crippen LogP contribution in [-0.2, 0) is 12.0 Å². The fraction of sp³-hybridized carbons (Fsp3) is 0.786. The zero-order chi connectivity index (χ0) is 12.7. The first-order chi connectivity index (χ1) is 8.16. The summed E-state index contributed by atoms with van der Waals surface area (Å²) in [5, 5.41) is 3.31. The molecule has 0 bridgehead atoms. The van der Waals surface area contributed by atoms with Gasteiger partial charge >= 0.3 is 0 Å². The average molecular weight is 254 g/mol. The Balaban J connectivity index is 2.53. The van der Waals surface area contributed by atoms with Gasteiger partial charge in [0.05, 0.1) is 11.2 Å². The molecule has 0 saturated carbocycles. The van der Waals surface area contributed by atoms with Gasteiger partial charge in [-0.05, 0) is 25.7 Å². The van der Waals surface area contributed by atoms with E-state index in [0.29, 0.717) is 0 Å². The lowest BCUT2D eigenvalue weighted by Crippen LogP contribution is -2.34. The summed E-state index contributed by atoms with van der Waals surface area (Å²) in [6, 6.07) is 0. The summed E-state index contributed by atoms with van der Waals surface area (Å²) in [4.78, 5) is 4.72. The van der Waals surface area contributed by atoms with Gasteiger partial charge in [-0.25, -0.2) is 4.98 Å². The number of nitrogens with zero attached hydrogens (tertiary/aromatic N) is 1. The van der Waals surface area contributed by atoms with Crippen molar-refractivity contribution in [3.05, 3.63) is 16.1 Å². The highest BCUT2D eigenvalue weighted by Gasteiger charge is 2.26. The van der Waals surface area contributed by atoms with Crippen molar-refractivity contribution < 1.29 is 0 Å². The number of nitrogens with two attached hydrogens (primary N) is 1. The Hall–Kier alpha value is -0.410. The number of hydrogen-bond donors (Lipinski definition) is 1. The molecule has 3 heteroatoms. The van der Waals surface area contributed by atoms with Crippen LogP contribution in [0.1, 0.15) is 70.0 Å². The number of aryl methyl sites for hydroxylation is 1. The third kappa shape index (κ3) is 4.07. The Kier molecular flexibility index (Phi) is 6.14. The van der Waals surface area contributed by atoms with Crippen LogP contribution in [0.25, 0.3) is 0 Å². The lowest BCUT2D eigenvalue weighted by molar-refractivity contribution is 0.409. The molecule has 1 heterocycles. The molecular formula is C14H26N2S. The van der Waals surface area contributed by atoms with Gasteiger partial charge in [0.1, 0.15) is 5.01 Å². The number of aromatic nitrogens is 1. The molecule has 98 valence electrons. The monoisotopic (exact) mass is 254 g/mol. The smallest absolute Gasteiger partial charge is 0.113 e. The molecule has 0 unspecified atom stereocenters. The van der Waals surface area contributed by atoms with Gasteiger partial charge in [0.25, 0.3) is 0 Å². The van der Waals surface area contributed by atoms with Crippen LogP contribution in [-0.4, -0.2) is 4.98 Å². The first kappa shape index (κ1) is 14.7. The Labute approximate surface area is 110 Å². The predicted molar refractivity (Wildman–Crippen MR) is 76.4 cm³/mol. The van der Waals surface area contributed by atoms with Crippen LogP contribution in [0.15, 0.2) is 5.38 Å². The third-order valence-corrected chi connectivity index (χ3v) is 4.64. The van der Waals surface area contributed by atoms with Crippen LogP contribution >= 0.6 is 11.3 Å². The average Bonchev–Trinajstić information content (AvgIpc) is 2.83. The number of hydrogen-bond acceptors (Lipinski definition) is 3. The quantitative estimate of drug-likeness (QED) is 0.705. The van der Waals surface area contributed by atoms with Crippen molar-refractivity contribution in [3.8, 4) is 0 Å². The van der Waals surface area contributed by atoms with Crippen LogP contribution in [0.5, 0.6) is 0 Å². The molecule has 17 heavy (non-hydrogen) atoms. The fourth-order valence-electron chi connectivity index (χ4n) is 1.94. The third-order valence-electron chi connectivity index (χ3n) is 3.53. The van der Waals surface area contributed by atoms with Gasteiger partial charge in [0.15, 0.2) is 0 Å². The minimum atomic E-state index is -0.202. The van der Waals surface area contributed by atoms with Crippen molar-refractivity contribution in [2.24, 2.45) is 5.73 Å². The van der Waals surface area contributed by atoms with Crippen molar-refractivity contribution in [1.82, 2.24) is 4.98 Å². The van der Waals surface area contributed by atoms with Gasteiger partial charge in [-0.15, -0.1) is 11.3 Å². The van der Waals surface area contributed by atoms with Crippen LogP contribution in [0, 0.1) is 0 Å². The summed E-state index contributed by atoms with van der Waals surface area (Å²) < 4.78 is 0. The second-order valence-corrected chi connectivity index (χ2v) is 5.68. The maximum Gasteiger partial charge on any atom is 0.113 e. The molecule has 0 aliphatic carbocycles. The molecule has 0 radical (unpaired) electrons. The Morgan fingerprint density at radius 1 is 1.18 bits per heavy atom. The zero-order valence-electron chi connectivity index (χ0n) is 11.5. The van der Waals surface area contributed by atoms with Gasteiger partial charge in [-0.3, -0.25) is 0 Å². The number of unbranched alkanes of at least 4 members (excludes halogenated alkanes) is 3. The summed E-state index contributed by atoms with van der Waals surface area (Å²) in [7, 11) is 0. The maximum atomic E-state index is 6.36. The first-order valence-corrected chi connectivity index (χ1v) is 7.78. The van der Waals surface area contributed by atoms with Crippen LogP contribution in [0.2, 0.25) is 0 Å². The molecule has 0 saturated heterocycles. The summed E-state index contributed by atoms with van der Waals surface area (Å²) in [6.07, 6.45) is 8.24. The van der Waals surface area contributed by atoms with Gasteiger partial charge in [-0.1, -0.05) is 40.0 Å². The van der Waals surface area contributed by atoms with E-state index in [1.54, 1.807) is 11.3 Å². The second-order valence-electron chi connectivity index (χ2n) is 4.82. The molecule has 0 fully saturated rings. The molecule has 0 atom stereocenters. The predicted octanol–water partition coefficient (Wildman–Crippen LogP) is 4.24. The van der Waals surface area contributed by atoms with E-state index in [-0.39, 0.29) is 5.54 Å². The van der Waals surface area contributed by atoms with E-state index in [4.69, 9.17) is 10.7 Å². The normalized spacial score (nSPS) is 12.0. The molecule has 2 N–H and O–H groups in total. The molecule has 0 aromatic carbocycles. The summed E-state index contributed by atoms with van der Waals surface area (Å²) in [6.45, 7) is 6.53. The van der Waals surface area contributed by atoms with Crippen molar-refractivity contribution in [2.75, 3.05) is 0 Å². The molecule has 1 aromatic rings. The lowest BCUT2D eigenvalue weighted by atomic mass is 9.95. The van der Waals surface area contributed by atoms with E-state index < -0.39 is 0 Å². The highest BCUT2D eigenvalue weighted by molar-refractivity contribution is 7.09. The largest absolute Gasteiger partial charge is 0.319 e. The molecular weight excluding hydrogens is 228 g/mol. The van der Waals surface area contributed by atoms with Gasteiger partial charge in [0.2, 0.25) is 0 Å². The molecule has 1 rings (SSSR count). The number of thiazole rings is 1. The first-order valence-electron chi connectivity index (χ1n) is 6.90. The summed E-state index contributed by atoms with van der Waals surface area (Å²) in [5.41, 5.74) is 7.39. The highest BCUT2D eigenvalue weighted by atomic mass is 32.1. The van der Waals surface area contributed by atoms with E-state index in [1.807, 2.05) is 0 Å². The summed E-state index contributed by atoms with van der Waals surface area (Å²) in [5.74, 6) is 0. The van der Waals surface area contributed by atoms with Crippen LogP contribution < -0.4 is 5.73 Å². The Bertz CT molecular complexity index is 316. The molecule has 1 aromatic heterocycles. The zero-order valence-corrected chi connectivity index (χ0v) is 12.3. The van der Waals surface area contributed by atoms with Crippen molar-refractivity contribution in [3.63, 3.8) is 0 Å². The molecule has 0 spiro atoms. The second kappa shape index (κ2) is 7.12. The van der Waals surface area contributed by atoms with E-state index in [0.717, 1.165) is 24.3 Å². The van der Waals surface area contributed by atoms with Crippen molar-refractivity contribution in [2.45, 2.75) is 71.3 Å². The van der Waals surface area contributed by atoms with Gasteiger partial charge < -0.3 is 5.73 Å². The molecule has 0 aliphatic rings. The SMILES string of the molecule is CCCCCCc1csc(C(N)(CC)CC)n1. The van der Waals surface area contributed by atoms with Crippen molar-refractivity contribution >= 4 is 11.3 Å². The topological polar surface area (TPSA) is 38.9 Å². The fourth-order valence-corrected chi connectivity index (χ4v) is 3.05. The maximum absolute atomic E-state index is 6.36. The van der Waals surface area contributed by atoms with E-state index in [1.165, 1.54) is 31.4 Å². The van der Waals surface area contributed by atoms with E-state index in [2.05, 4.69) is 26.2 Å². The van der Waals surface area contributed by atoms with E-state index >= 15 is 0 Å². The van der Waals surface area contributed by atoms with Gasteiger partial charge in [-0.2, -0.15) is 0 Å². The Morgan fingerprint density at radius 2 is 1.88 bits per heavy atom. The molecule has 0 aliphatic heterocycles. The lowest BCUT2D eigenvalue weighted by Gasteiger charge is -2.23. The Morgan fingerprint density at radius 3 is 2.47 bits per heavy atom. The number of rotatable bonds is 8. The van der Waals surface area contributed by atoms with E-state index in [9.17, 15) is 0 Å². The molecule has 0 amide bonds. The minimum absolute atomic E-state index is 0.202. The minimum Gasteiger partial charge on any atom is -0.319 e. The van der Waals surface area contributed by atoms with Crippen LogP contribution in [0.4, 0.5) is 0 Å². The van der Waals surface area contributed by atoms with Crippen LogP contribution in [0.3, 0.4) is 0 Å². The summed E-state index contributed by atoms with van der Waals surface area (Å²) >= 11 is 1.73. The highest BCUT2D eigenvalue weighted by Crippen LogP contribution is 2.28. The molecule has 2 nitrogen and oxygen atoms in total. The van der Waals surface area contributed by atoms with Gasteiger partial charge in [0, 0.05) is 5.38 Å². The van der Waals surface area contributed by atoms with Crippen molar-refractivity contribution in [1.29, 1.82) is 0 Å².